The van der Waals surface area contributed by atoms with Crippen molar-refractivity contribution in [2.75, 3.05) is 6.54 Å². The second-order valence-corrected chi connectivity index (χ2v) is 6.23. The van der Waals surface area contributed by atoms with Gasteiger partial charge >= 0.3 is 0 Å². The van der Waals surface area contributed by atoms with Gasteiger partial charge in [-0.15, -0.1) is 0 Å². The van der Waals surface area contributed by atoms with Crippen LogP contribution in [0.1, 0.15) is 35.8 Å². The lowest BCUT2D eigenvalue weighted by Gasteiger charge is -2.23. The van der Waals surface area contributed by atoms with E-state index in [4.69, 9.17) is 0 Å². The number of likely N-dealkylation sites (tertiary alicyclic amines) is 1. The first kappa shape index (κ1) is 15.0. The van der Waals surface area contributed by atoms with Crippen LogP contribution in [0.15, 0.2) is 43.1 Å². The zero-order valence-electron chi connectivity index (χ0n) is 13.7. The van der Waals surface area contributed by atoms with Gasteiger partial charge in [-0.25, -0.2) is 9.97 Å². The van der Waals surface area contributed by atoms with Crippen LogP contribution in [-0.2, 0) is 6.54 Å². The van der Waals surface area contributed by atoms with Gasteiger partial charge in [0, 0.05) is 30.8 Å². The number of pyridine rings is 1. The van der Waals surface area contributed by atoms with Gasteiger partial charge < -0.3 is 4.98 Å². The molecule has 1 fully saturated rings. The Morgan fingerprint density at radius 3 is 2.83 bits per heavy atom. The van der Waals surface area contributed by atoms with E-state index in [0.717, 1.165) is 42.4 Å². The molecule has 1 aliphatic heterocycles. The maximum absolute atomic E-state index is 4.66. The molecular formula is C18H20N6. The number of nitrogens with zero attached hydrogens (tertiary/aromatic N) is 5. The number of rotatable bonds is 4. The standard InChI is InChI=1S/C18H20N6/c1-13-8-22-18(23-13)16-11-20-15(10-21-16)17-5-3-7-24(17)12-14-4-2-6-19-9-14/h2,4,6,8-11,17H,3,5,7,12H2,1H3,(H,22,23). The van der Waals surface area contributed by atoms with Gasteiger partial charge in [-0.3, -0.25) is 14.9 Å². The maximum atomic E-state index is 4.66. The van der Waals surface area contributed by atoms with Crippen LogP contribution in [0, 0.1) is 6.92 Å². The quantitative estimate of drug-likeness (QED) is 0.800. The van der Waals surface area contributed by atoms with E-state index in [0.29, 0.717) is 6.04 Å². The number of hydrogen-bond acceptors (Lipinski definition) is 5. The molecule has 1 atom stereocenters. The molecule has 0 radical (unpaired) electrons. The Hall–Kier alpha value is -2.60. The first-order valence-electron chi connectivity index (χ1n) is 8.26. The van der Waals surface area contributed by atoms with Crippen LogP contribution in [0.3, 0.4) is 0 Å². The molecule has 0 bridgehead atoms. The summed E-state index contributed by atoms with van der Waals surface area (Å²) in [5.74, 6) is 0.769. The van der Waals surface area contributed by atoms with E-state index in [2.05, 4.69) is 35.9 Å². The average Bonchev–Trinajstić information content (AvgIpc) is 3.25. The predicted molar refractivity (Wildman–Crippen MR) is 91.0 cm³/mol. The average molecular weight is 320 g/mol. The topological polar surface area (TPSA) is 70.6 Å². The Bertz CT molecular complexity index is 796. The van der Waals surface area contributed by atoms with Crippen LogP contribution in [0.25, 0.3) is 11.5 Å². The van der Waals surface area contributed by atoms with Crippen molar-refractivity contribution >= 4 is 0 Å². The molecule has 0 spiro atoms. The van der Waals surface area contributed by atoms with Crippen molar-refractivity contribution in [2.24, 2.45) is 0 Å². The lowest BCUT2D eigenvalue weighted by Crippen LogP contribution is -2.23. The molecule has 1 unspecified atom stereocenters. The van der Waals surface area contributed by atoms with Crippen molar-refractivity contribution in [3.05, 3.63) is 60.1 Å². The predicted octanol–water partition coefficient (Wildman–Crippen LogP) is 2.91. The van der Waals surface area contributed by atoms with Gasteiger partial charge in [0.05, 0.1) is 24.1 Å². The van der Waals surface area contributed by atoms with Crippen LogP contribution in [0.4, 0.5) is 0 Å². The van der Waals surface area contributed by atoms with Gasteiger partial charge in [0.15, 0.2) is 5.82 Å². The zero-order valence-corrected chi connectivity index (χ0v) is 13.7. The van der Waals surface area contributed by atoms with Gasteiger partial charge in [-0.2, -0.15) is 0 Å². The van der Waals surface area contributed by atoms with Gasteiger partial charge in [0.2, 0.25) is 0 Å². The highest BCUT2D eigenvalue weighted by molar-refractivity contribution is 5.47. The highest BCUT2D eigenvalue weighted by Gasteiger charge is 2.27. The Balaban J connectivity index is 1.52. The fraction of sp³-hybridized carbons (Fsp3) is 0.333. The third kappa shape index (κ3) is 3.05. The first-order valence-corrected chi connectivity index (χ1v) is 8.26. The summed E-state index contributed by atoms with van der Waals surface area (Å²) in [7, 11) is 0. The fourth-order valence-electron chi connectivity index (χ4n) is 3.25. The Morgan fingerprint density at radius 2 is 2.12 bits per heavy atom. The summed E-state index contributed by atoms with van der Waals surface area (Å²) in [6, 6.07) is 4.43. The minimum absolute atomic E-state index is 0.324. The van der Waals surface area contributed by atoms with E-state index in [1.54, 1.807) is 6.20 Å². The Kier molecular flexibility index (Phi) is 4.04. The lowest BCUT2D eigenvalue weighted by molar-refractivity contribution is 0.243. The van der Waals surface area contributed by atoms with Crippen LogP contribution < -0.4 is 0 Å². The van der Waals surface area contributed by atoms with Gasteiger partial charge in [0.25, 0.3) is 0 Å². The van der Waals surface area contributed by atoms with E-state index in [-0.39, 0.29) is 0 Å². The number of nitrogens with one attached hydrogen (secondary N) is 1. The second-order valence-electron chi connectivity index (χ2n) is 6.23. The van der Waals surface area contributed by atoms with E-state index < -0.39 is 0 Å². The number of aromatic nitrogens is 5. The van der Waals surface area contributed by atoms with Crippen molar-refractivity contribution in [3.63, 3.8) is 0 Å². The summed E-state index contributed by atoms with van der Waals surface area (Å²) in [5, 5.41) is 0. The summed E-state index contributed by atoms with van der Waals surface area (Å²) in [6.45, 7) is 3.97. The van der Waals surface area contributed by atoms with E-state index in [1.807, 2.05) is 37.8 Å². The van der Waals surface area contributed by atoms with E-state index in [1.165, 1.54) is 12.0 Å². The molecule has 0 amide bonds. The minimum atomic E-state index is 0.324. The molecule has 0 aromatic carbocycles. The van der Waals surface area contributed by atoms with Gasteiger partial charge in [-0.05, 0) is 37.9 Å². The molecule has 1 saturated heterocycles. The molecule has 3 aromatic heterocycles. The summed E-state index contributed by atoms with van der Waals surface area (Å²) in [5.41, 5.74) is 4.07. The number of H-pyrrole nitrogens is 1. The van der Waals surface area contributed by atoms with Gasteiger partial charge in [-0.1, -0.05) is 6.07 Å². The minimum Gasteiger partial charge on any atom is -0.341 e. The van der Waals surface area contributed by atoms with Crippen LogP contribution in [0.2, 0.25) is 0 Å². The highest BCUT2D eigenvalue weighted by atomic mass is 15.2. The van der Waals surface area contributed by atoms with Crippen molar-refractivity contribution in [3.8, 4) is 11.5 Å². The largest absolute Gasteiger partial charge is 0.341 e. The number of hydrogen-bond donors (Lipinski definition) is 1. The molecule has 0 aliphatic carbocycles. The second kappa shape index (κ2) is 6.49. The molecule has 4 rings (SSSR count). The number of aromatic amines is 1. The third-order valence-electron chi connectivity index (χ3n) is 4.43. The highest BCUT2D eigenvalue weighted by Crippen LogP contribution is 2.32. The van der Waals surface area contributed by atoms with Crippen molar-refractivity contribution in [1.82, 2.24) is 29.8 Å². The fourth-order valence-corrected chi connectivity index (χ4v) is 3.25. The molecule has 24 heavy (non-hydrogen) atoms. The summed E-state index contributed by atoms with van der Waals surface area (Å²) < 4.78 is 0. The molecular weight excluding hydrogens is 300 g/mol. The molecule has 0 saturated carbocycles. The Labute approximate surface area is 141 Å². The number of aryl methyl sites for hydroxylation is 1. The smallest absolute Gasteiger partial charge is 0.157 e. The van der Waals surface area contributed by atoms with E-state index >= 15 is 0 Å². The molecule has 6 nitrogen and oxygen atoms in total. The van der Waals surface area contributed by atoms with Crippen molar-refractivity contribution in [1.29, 1.82) is 0 Å². The normalized spacial score (nSPS) is 18.1. The van der Waals surface area contributed by atoms with Gasteiger partial charge in [0.1, 0.15) is 5.69 Å². The van der Waals surface area contributed by atoms with Crippen molar-refractivity contribution < 1.29 is 0 Å². The Morgan fingerprint density at radius 1 is 1.17 bits per heavy atom. The number of imidazole rings is 1. The van der Waals surface area contributed by atoms with Crippen LogP contribution in [0.5, 0.6) is 0 Å². The first-order chi connectivity index (χ1) is 11.8. The van der Waals surface area contributed by atoms with Crippen molar-refractivity contribution in [2.45, 2.75) is 32.4 Å². The molecule has 3 aromatic rings. The molecule has 1 N–H and O–H groups in total. The molecule has 6 heteroatoms. The molecule has 122 valence electrons. The third-order valence-corrected chi connectivity index (χ3v) is 4.43. The summed E-state index contributed by atoms with van der Waals surface area (Å²) >= 11 is 0. The molecule has 4 heterocycles. The van der Waals surface area contributed by atoms with Crippen LogP contribution >= 0.6 is 0 Å². The maximum Gasteiger partial charge on any atom is 0.157 e. The zero-order chi connectivity index (χ0) is 16.4. The SMILES string of the molecule is Cc1cnc(-c2cnc(C3CCCN3Cc3cccnc3)cn2)[nH]1. The van der Waals surface area contributed by atoms with Crippen LogP contribution in [-0.4, -0.2) is 36.4 Å². The monoisotopic (exact) mass is 320 g/mol. The summed E-state index contributed by atoms with van der Waals surface area (Å²) in [6.07, 6.45) is 11.6. The molecule has 1 aliphatic rings. The lowest BCUT2D eigenvalue weighted by atomic mass is 10.1. The van der Waals surface area contributed by atoms with E-state index in [9.17, 15) is 0 Å². The summed E-state index contributed by atoms with van der Waals surface area (Å²) in [4.78, 5) is 23.4.